The van der Waals surface area contributed by atoms with Crippen LogP contribution in [0.4, 0.5) is 0 Å². The molecule has 1 aromatic carbocycles. The molecule has 1 atom stereocenters. The second-order valence-corrected chi connectivity index (χ2v) is 5.20. The van der Waals surface area contributed by atoms with Crippen molar-refractivity contribution >= 4 is 11.9 Å². The van der Waals surface area contributed by atoms with Crippen LogP contribution in [0.2, 0.25) is 0 Å². The molecule has 0 radical (unpaired) electrons. The van der Waals surface area contributed by atoms with E-state index < -0.39 is 24.0 Å². The van der Waals surface area contributed by atoms with Crippen LogP contribution in [0, 0.1) is 0 Å². The van der Waals surface area contributed by atoms with Gasteiger partial charge in [-0.15, -0.1) is 0 Å². The lowest BCUT2D eigenvalue weighted by molar-refractivity contribution is -0.144. The van der Waals surface area contributed by atoms with E-state index in [0.717, 1.165) is 18.4 Å². The van der Waals surface area contributed by atoms with Crippen LogP contribution >= 0.6 is 0 Å². The second-order valence-electron chi connectivity index (χ2n) is 5.20. The maximum Gasteiger partial charge on any atom is 0.328 e. The van der Waals surface area contributed by atoms with Gasteiger partial charge in [0.25, 0.3) is 0 Å². The van der Waals surface area contributed by atoms with E-state index in [-0.39, 0.29) is 5.91 Å². The summed E-state index contributed by atoms with van der Waals surface area (Å²) in [7, 11) is 0. The van der Waals surface area contributed by atoms with E-state index in [0.29, 0.717) is 12.8 Å². The smallest absolute Gasteiger partial charge is 0.328 e. The summed E-state index contributed by atoms with van der Waals surface area (Å²) < 4.78 is 0. The van der Waals surface area contributed by atoms with Gasteiger partial charge in [-0.1, -0.05) is 43.2 Å². The number of carbonyl (C=O) groups is 2. The number of aliphatic carboxylic acids is 1. The van der Waals surface area contributed by atoms with Crippen molar-refractivity contribution in [3.8, 4) is 0 Å². The third-order valence-corrected chi connectivity index (χ3v) is 4.00. The number of carboxylic acid groups (broad SMARTS) is 1. The zero-order valence-corrected chi connectivity index (χ0v) is 11.2. The van der Waals surface area contributed by atoms with E-state index >= 15 is 0 Å². The molecule has 108 valence electrons. The van der Waals surface area contributed by atoms with Crippen molar-refractivity contribution in [2.75, 3.05) is 6.61 Å². The number of amides is 1. The highest BCUT2D eigenvalue weighted by Crippen LogP contribution is 2.41. The summed E-state index contributed by atoms with van der Waals surface area (Å²) in [6.45, 7) is -0.605. The minimum absolute atomic E-state index is 0.303. The van der Waals surface area contributed by atoms with Crippen LogP contribution in [-0.4, -0.2) is 34.7 Å². The van der Waals surface area contributed by atoms with E-state index in [4.69, 9.17) is 10.2 Å². The van der Waals surface area contributed by atoms with Crippen LogP contribution in [0.3, 0.4) is 0 Å². The number of hydrogen-bond acceptors (Lipinski definition) is 3. The monoisotopic (exact) mass is 277 g/mol. The lowest BCUT2D eigenvalue weighted by Crippen LogP contribution is -2.51. The van der Waals surface area contributed by atoms with Gasteiger partial charge in [-0.2, -0.15) is 0 Å². The molecule has 1 aromatic rings. The van der Waals surface area contributed by atoms with Crippen LogP contribution < -0.4 is 5.32 Å². The fourth-order valence-electron chi connectivity index (χ4n) is 2.86. The quantitative estimate of drug-likeness (QED) is 0.751. The maximum atomic E-state index is 12.6. The predicted octanol–water partition coefficient (Wildman–Crippen LogP) is 1.06. The fraction of sp³-hybridized carbons (Fsp3) is 0.467. The summed E-state index contributed by atoms with van der Waals surface area (Å²) in [5, 5.41) is 20.5. The third-order valence-electron chi connectivity index (χ3n) is 4.00. The number of carbonyl (C=O) groups excluding carboxylic acids is 1. The van der Waals surface area contributed by atoms with E-state index in [9.17, 15) is 9.59 Å². The molecule has 1 fully saturated rings. The number of aliphatic hydroxyl groups is 1. The molecule has 1 aliphatic carbocycles. The molecule has 1 aliphatic rings. The Morgan fingerprint density at radius 2 is 1.80 bits per heavy atom. The van der Waals surface area contributed by atoms with Gasteiger partial charge in [0.2, 0.25) is 5.91 Å². The Bertz CT molecular complexity index is 480. The van der Waals surface area contributed by atoms with Crippen molar-refractivity contribution < 1.29 is 19.8 Å². The molecule has 5 nitrogen and oxygen atoms in total. The van der Waals surface area contributed by atoms with E-state index in [2.05, 4.69) is 5.32 Å². The SMILES string of the molecule is O=C(O)C(CO)NC(=O)C1(c2ccccc2)CCCC1. The van der Waals surface area contributed by atoms with Gasteiger partial charge in [0.1, 0.15) is 6.04 Å². The van der Waals surface area contributed by atoms with Crippen LogP contribution in [0.25, 0.3) is 0 Å². The van der Waals surface area contributed by atoms with Gasteiger partial charge in [-0.05, 0) is 18.4 Å². The largest absolute Gasteiger partial charge is 0.480 e. The number of aliphatic hydroxyl groups excluding tert-OH is 1. The summed E-state index contributed by atoms with van der Waals surface area (Å²) >= 11 is 0. The molecule has 3 N–H and O–H groups in total. The Balaban J connectivity index is 2.25. The average molecular weight is 277 g/mol. The first-order chi connectivity index (χ1) is 9.60. The number of rotatable bonds is 5. The van der Waals surface area contributed by atoms with Gasteiger partial charge in [0.05, 0.1) is 12.0 Å². The minimum Gasteiger partial charge on any atom is -0.480 e. The molecular formula is C15H19NO4. The molecule has 0 bridgehead atoms. The first kappa shape index (κ1) is 14.5. The number of nitrogens with one attached hydrogen (secondary N) is 1. The number of benzene rings is 1. The van der Waals surface area contributed by atoms with Crippen molar-refractivity contribution in [1.29, 1.82) is 0 Å². The Labute approximate surface area is 117 Å². The van der Waals surface area contributed by atoms with Gasteiger partial charge < -0.3 is 15.5 Å². The summed E-state index contributed by atoms with van der Waals surface area (Å²) in [5.41, 5.74) is 0.251. The highest BCUT2D eigenvalue weighted by atomic mass is 16.4. The van der Waals surface area contributed by atoms with Crippen LogP contribution in [0.1, 0.15) is 31.2 Å². The summed E-state index contributed by atoms with van der Waals surface area (Å²) in [6.07, 6.45) is 3.31. The Morgan fingerprint density at radius 3 is 2.30 bits per heavy atom. The first-order valence-electron chi connectivity index (χ1n) is 6.80. The van der Waals surface area contributed by atoms with Crippen LogP contribution in [-0.2, 0) is 15.0 Å². The first-order valence-corrected chi connectivity index (χ1v) is 6.80. The van der Waals surface area contributed by atoms with E-state index in [1.807, 2.05) is 30.3 Å². The molecular weight excluding hydrogens is 258 g/mol. The minimum atomic E-state index is -1.25. The van der Waals surface area contributed by atoms with Gasteiger partial charge in [0.15, 0.2) is 0 Å². The van der Waals surface area contributed by atoms with Crippen molar-refractivity contribution in [2.24, 2.45) is 0 Å². The van der Waals surface area contributed by atoms with Crippen molar-refractivity contribution in [3.05, 3.63) is 35.9 Å². The van der Waals surface area contributed by atoms with Crippen molar-refractivity contribution in [2.45, 2.75) is 37.1 Å². The Hall–Kier alpha value is -1.88. The van der Waals surface area contributed by atoms with E-state index in [1.54, 1.807) is 0 Å². The van der Waals surface area contributed by atoms with Crippen molar-refractivity contribution in [1.82, 2.24) is 5.32 Å². The molecule has 0 aliphatic heterocycles. The van der Waals surface area contributed by atoms with Gasteiger partial charge >= 0.3 is 5.97 Å². The van der Waals surface area contributed by atoms with Gasteiger partial charge in [0, 0.05) is 0 Å². The molecule has 0 heterocycles. The third kappa shape index (κ3) is 2.67. The average Bonchev–Trinajstić information content (AvgIpc) is 2.96. The Kier molecular flexibility index (Phi) is 4.39. The highest BCUT2D eigenvalue weighted by molar-refractivity contribution is 5.91. The molecule has 1 saturated carbocycles. The molecule has 1 amide bonds. The summed E-state index contributed by atoms with van der Waals surface area (Å²) in [5.74, 6) is -1.52. The number of hydrogen-bond donors (Lipinski definition) is 3. The van der Waals surface area contributed by atoms with Crippen LogP contribution in [0.15, 0.2) is 30.3 Å². The zero-order chi connectivity index (χ0) is 14.6. The lowest BCUT2D eigenvalue weighted by atomic mass is 9.78. The summed E-state index contributed by atoms with van der Waals surface area (Å²) in [6, 6.07) is 8.20. The Morgan fingerprint density at radius 1 is 1.20 bits per heavy atom. The topological polar surface area (TPSA) is 86.6 Å². The van der Waals surface area contributed by atoms with E-state index in [1.165, 1.54) is 0 Å². The lowest BCUT2D eigenvalue weighted by Gasteiger charge is -2.29. The molecule has 5 heteroatoms. The molecule has 20 heavy (non-hydrogen) atoms. The molecule has 0 saturated heterocycles. The molecule has 0 aromatic heterocycles. The molecule has 1 unspecified atom stereocenters. The maximum absolute atomic E-state index is 12.6. The van der Waals surface area contributed by atoms with Crippen LogP contribution in [0.5, 0.6) is 0 Å². The molecule has 0 spiro atoms. The molecule has 2 rings (SSSR count). The second kappa shape index (κ2) is 6.05. The standard InChI is InChI=1S/C15H19NO4/c17-10-12(13(18)19)16-14(20)15(8-4-5-9-15)11-6-2-1-3-7-11/h1-3,6-7,12,17H,4-5,8-10H2,(H,16,20)(H,18,19). The zero-order valence-electron chi connectivity index (χ0n) is 11.2. The van der Waals surface area contributed by atoms with Gasteiger partial charge in [-0.25, -0.2) is 4.79 Å². The van der Waals surface area contributed by atoms with Crippen molar-refractivity contribution in [3.63, 3.8) is 0 Å². The fourth-order valence-corrected chi connectivity index (χ4v) is 2.86. The predicted molar refractivity (Wildman–Crippen MR) is 73.2 cm³/mol. The highest BCUT2D eigenvalue weighted by Gasteiger charge is 2.43. The van der Waals surface area contributed by atoms with Gasteiger partial charge in [-0.3, -0.25) is 4.79 Å². The number of carboxylic acids is 1. The normalized spacial score (nSPS) is 18.4. The summed E-state index contributed by atoms with van der Waals surface area (Å²) in [4.78, 5) is 23.5.